The van der Waals surface area contributed by atoms with Crippen LogP contribution in [0.1, 0.15) is 17.5 Å². The highest BCUT2D eigenvalue weighted by atomic mass is 16.5. The Morgan fingerprint density at radius 3 is 2.73 bits per heavy atom. The normalized spacial score (nSPS) is 10.3. The molecule has 1 aromatic carbocycles. The van der Waals surface area contributed by atoms with Gasteiger partial charge in [-0.1, -0.05) is 18.2 Å². The van der Waals surface area contributed by atoms with Crippen molar-refractivity contribution in [1.29, 1.82) is 0 Å². The lowest BCUT2D eigenvalue weighted by Gasteiger charge is -2.12. The maximum absolute atomic E-state index is 5.70. The van der Waals surface area contributed by atoms with E-state index in [2.05, 4.69) is 0 Å². The summed E-state index contributed by atoms with van der Waals surface area (Å²) in [5.41, 5.74) is 7.84. The Labute approximate surface area is 91.2 Å². The Kier molecular flexibility index (Phi) is 5.15. The quantitative estimate of drug-likeness (QED) is 0.727. The zero-order chi connectivity index (χ0) is 11.1. The molecule has 0 saturated heterocycles. The minimum atomic E-state index is 0.515. The maximum Gasteiger partial charge on any atom is 0.126 e. The van der Waals surface area contributed by atoms with Crippen LogP contribution in [0, 0.1) is 6.92 Å². The average Bonchev–Trinajstić information content (AvgIpc) is 2.26. The molecule has 0 amide bonds. The highest BCUT2D eigenvalue weighted by Crippen LogP contribution is 2.22. The van der Waals surface area contributed by atoms with Crippen LogP contribution in [0.3, 0.4) is 0 Å². The number of hydrogen-bond acceptors (Lipinski definition) is 3. The maximum atomic E-state index is 5.70. The summed E-state index contributed by atoms with van der Waals surface area (Å²) in [6.07, 6.45) is 0.898. The molecule has 2 N–H and O–H groups in total. The number of methoxy groups -OCH3 is 1. The topological polar surface area (TPSA) is 44.5 Å². The van der Waals surface area contributed by atoms with Gasteiger partial charge < -0.3 is 15.2 Å². The lowest BCUT2D eigenvalue weighted by atomic mass is 10.1. The fraction of sp³-hybridized carbons (Fsp3) is 0.500. The van der Waals surface area contributed by atoms with Gasteiger partial charge in [-0.25, -0.2) is 0 Å². The number of para-hydroxylation sites is 1. The summed E-state index contributed by atoms with van der Waals surface area (Å²) < 4.78 is 10.7. The molecule has 0 aliphatic carbocycles. The van der Waals surface area contributed by atoms with Crippen molar-refractivity contribution >= 4 is 0 Å². The van der Waals surface area contributed by atoms with Crippen LogP contribution in [0.2, 0.25) is 0 Å². The van der Waals surface area contributed by atoms with Gasteiger partial charge in [0.1, 0.15) is 5.75 Å². The molecule has 1 aromatic rings. The van der Waals surface area contributed by atoms with E-state index < -0.39 is 0 Å². The molecule has 0 fully saturated rings. The van der Waals surface area contributed by atoms with Gasteiger partial charge >= 0.3 is 0 Å². The van der Waals surface area contributed by atoms with E-state index in [0.717, 1.165) is 29.9 Å². The van der Waals surface area contributed by atoms with Gasteiger partial charge in [0.2, 0.25) is 0 Å². The summed E-state index contributed by atoms with van der Waals surface area (Å²) in [6, 6.07) is 6.03. The molecule has 3 heteroatoms. The molecule has 0 bridgehead atoms. The van der Waals surface area contributed by atoms with Gasteiger partial charge in [0.15, 0.2) is 0 Å². The number of ether oxygens (including phenoxy) is 2. The molecule has 84 valence electrons. The molecule has 0 aromatic heterocycles. The first kappa shape index (κ1) is 12.0. The van der Waals surface area contributed by atoms with Crippen molar-refractivity contribution in [1.82, 2.24) is 0 Å². The molecule has 1 rings (SSSR count). The second kappa shape index (κ2) is 6.43. The highest BCUT2D eigenvalue weighted by Gasteiger charge is 2.04. The first-order chi connectivity index (χ1) is 7.29. The van der Waals surface area contributed by atoms with Crippen molar-refractivity contribution in [2.24, 2.45) is 5.73 Å². The van der Waals surface area contributed by atoms with Gasteiger partial charge in [-0.05, 0) is 12.5 Å². The predicted molar refractivity (Wildman–Crippen MR) is 61.1 cm³/mol. The number of rotatable bonds is 6. The Morgan fingerprint density at radius 1 is 1.27 bits per heavy atom. The van der Waals surface area contributed by atoms with Crippen molar-refractivity contribution in [2.45, 2.75) is 19.9 Å². The van der Waals surface area contributed by atoms with Crippen molar-refractivity contribution in [3.05, 3.63) is 29.3 Å². The average molecular weight is 209 g/mol. The van der Waals surface area contributed by atoms with Gasteiger partial charge in [0.05, 0.1) is 6.61 Å². The van der Waals surface area contributed by atoms with Crippen LogP contribution < -0.4 is 10.5 Å². The summed E-state index contributed by atoms with van der Waals surface area (Å²) in [5.74, 6) is 0.927. The van der Waals surface area contributed by atoms with Crippen LogP contribution in [0.4, 0.5) is 0 Å². The van der Waals surface area contributed by atoms with E-state index >= 15 is 0 Å². The molecule has 15 heavy (non-hydrogen) atoms. The molecule has 0 aliphatic rings. The Bertz CT molecular complexity index is 300. The molecule has 0 heterocycles. The van der Waals surface area contributed by atoms with Crippen molar-refractivity contribution in [2.75, 3.05) is 20.3 Å². The van der Waals surface area contributed by atoms with E-state index in [1.165, 1.54) is 0 Å². The van der Waals surface area contributed by atoms with Crippen molar-refractivity contribution in [3.63, 3.8) is 0 Å². The minimum absolute atomic E-state index is 0.515. The van der Waals surface area contributed by atoms with Crippen LogP contribution in [-0.4, -0.2) is 20.3 Å². The van der Waals surface area contributed by atoms with E-state index in [4.69, 9.17) is 15.2 Å². The summed E-state index contributed by atoms with van der Waals surface area (Å²) in [6.45, 7) is 3.95. The van der Waals surface area contributed by atoms with Gasteiger partial charge in [-0.3, -0.25) is 0 Å². The number of nitrogens with two attached hydrogens (primary N) is 1. The van der Waals surface area contributed by atoms with E-state index in [1.54, 1.807) is 7.11 Å². The summed E-state index contributed by atoms with van der Waals surface area (Å²) in [4.78, 5) is 0. The molecule has 3 nitrogen and oxygen atoms in total. The summed E-state index contributed by atoms with van der Waals surface area (Å²) >= 11 is 0. The standard InChI is InChI=1S/C12H19NO2/c1-10-5-3-6-11(9-13)12(10)15-8-4-7-14-2/h3,5-6H,4,7-9,13H2,1-2H3. The molecule has 0 radical (unpaired) electrons. The van der Waals surface area contributed by atoms with E-state index in [0.29, 0.717) is 13.2 Å². The molecular formula is C12H19NO2. The first-order valence-corrected chi connectivity index (χ1v) is 5.20. The van der Waals surface area contributed by atoms with E-state index in [-0.39, 0.29) is 0 Å². The fourth-order valence-electron chi connectivity index (χ4n) is 1.46. The number of aryl methyl sites for hydroxylation is 1. The van der Waals surface area contributed by atoms with Gasteiger partial charge in [0.25, 0.3) is 0 Å². The van der Waals surface area contributed by atoms with Crippen LogP contribution in [0.25, 0.3) is 0 Å². The second-order valence-electron chi connectivity index (χ2n) is 3.46. The van der Waals surface area contributed by atoms with Crippen LogP contribution in [-0.2, 0) is 11.3 Å². The Morgan fingerprint density at radius 2 is 2.07 bits per heavy atom. The predicted octanol–water partition coefficient (Wildman–Crippen LogP) is 1.87. The van der Waals surface area contributed by atoms with Crippen molar-refractivity contribution in [3.8, 4) is 5.75 Å². The van der Waals surface area contributed by atoms with Gasteiger partial charge in [0, 0.05) is 32.2 Å². The molecule has 0 aliphatic heterocycles. The lowest BCUT2D eigenvalue weighted by Crippen LogP contribution is -2.06. The largest absolute Gasteiger partial charge is 0.493 e. The Hall–Kier alpha value is -1.06. The lowest BCUT2D eigenvalue weighted by molar-refractivity contribution is 0.171. The number of hydrogen-bond donors (Lipinski definition) is 1. The zero-order valence-electron chi connectivity index (χ0n) is 9.45. The first-order valence-electron chi connectivity index (χ1n) is 5.20. The van der Waals surface area contributed by atoms with Crippen LogP contribution >= 0.6 is 0 Å². The molecule has 0 atom stereocenters. The monoisotopic (exact) mass is 209 g/mol. The minimum Gasteiger partial charge on any atom is -0.493 e. The molecule has 0 saturated carbocycles. The molecule has 0 spiro atoms. The third kappa shape index (κ3) is 3.53. The van der Waals surface area contributed by atoms with Crippen molar-refractivity contribution < 1.29 is 9.47 Å². The Balaban J connectivity index is 2.58. The summed E-state index contributed by atoms with van der Waals surface area (Å²) in [5, 5.41) is 0. The number of benzene rings is 1. The smallest absolute Gasteiger partial charge is 0.126 e. The SMILES string of the molecule is COCCCOc1c(C)cccc1CN. The highest BCUT2D eigenvalue weighted by molar-refractivity contribution is 5.40. The van der Waals surface area contributed by atoms with Gasteiger partial charge in [-0.2, -0.15) is 0 Å². The third-order valence-corrected chi connectivity index (χ3v) is 2.25. The van der Waals surface area contributed by atoms with Crippen LogP contribution in [0.5, 0.6) is 5.75 Å². The van der Waals surface area contributed by atoms with E-state index in [9.17, 15) is 0 Å². The molecule has 0 unspecified atom stereocenters. The van der Waals surface area contributed by atoms with Gasteiger partial charge in [-0.15, -0.1) is 0 Å². The summed E-state index contributed by atoms with van der Waals surface area (Å²) in [7, 11) is 1.69. The second-order valence-corrected chi connectivity index (χ2v) is 3.46. The fourth-order valence-corrected chi connectivity index (χ4v) is 1.46. The molecular weight excluding hydrogens is 190 g/mol. The van der Waals surface area contributed by atoms with Crippen LogP contribution in [0.15, 0.2) is 18.2 Å². The third-order valence-electron chi connectivity index (χ3n) is 2.25. The van der Waals surface area contributed by atoms with E-state index in [1.807, 2.05) is 25.1 Å². The zero-order valence-corrected chi connectivity index (χ0v) is 9.45.